The van der Waals surface area contributed by atoms with Crippen LogP contribution in [0.4, 0.5) is 4.79 Å². The molecule has 2 N–H and O–H groups in total. The van der Waals surface area contributed by atoms with Crippen molar-refractivity contribution in [3.8, 4) is 0 Å². The van der Waals surface area contributed by atoms with Gasteiger partial charge >= 0.3 is 6.03 Å². The molecule has 1 fully saturated rings. The van der Waals surface area contributed by atoms with E-state index in [1.165, 1.54) is 10.9 Å². The van der Waals surface area contributed by atoms with Crippen LogP contribution in [-0.4, -0.2) is 52.0 Å². The average molecular weight is 390 g/mol. The van der Waals surface area contributed by atoms with Gasteiger partial charge in [-0.15, -0.1) is 11.3 Å². The molecule has 2 aromatic heterocycles. The summed E-state index contributed by atoms with van der Waals surface area (Å²) < 4.78 is 0. The number of amides is 2. The van der Waals surface area contributed by atoms with E-state index < -0.39 is 0 Å². The fourth-order valence-electron chi connectivity index (χ4n) is 3.24. The van der Waals surface area contributed by atoms with E-state index in [0.717, 1.165) is 48.1 Å². The zero-order valence-electron chi connectivity index (χ0n) is 14.2. The second-order valence-corrected chi connectivity index (χ2v) is 7.80. The molecule has 3 heterocycles. The van der Waals surface area contributed by atoms with Gasteiger partial charge in [0.1, 0.15) is 0 Å². The number of carbonyl (C=O) groups excluding carboxylic acids is 1. The summed E-state index contributed by atoms with van der Waals surface area (Å²) >= 11 is 7.68. The summed E-state index contributed by atoms with van der Waals surface area (Å²) in [6.45, 7) is 4.59. The fraction of sp³-hybridized carbons (Fsp3) is 0.333. The standard InChI is InChI=1S/C18H20ClN5OS/c19-14-1-2-17-16(7-14)13(8-21-17)11-23-3-5-24(6-4-23)18(25)22-10-15-9-20-12-26-15/h1-2,7-9,12,21H,3-6,10-11H2,(H,22,25). The molecule has 26 heavy (non-hydrogen) atoms. The lowest BCUT2D eigenvalue weighted by molar-refractivity contribution is 0.135. The largest absolute Gasteiger partial charge is 0.361 e. The number of hydrogen-bond donors (Lipinski definition) is 2. The summed E-state index contributed by atoms with van der Waals surface area (Å²) in [5.74, 6) is 0. The SMILES string of the molecule is O=C(NCc1cncs1)N1CCN(Cc2c[nH]c3ccc(Cl)cc23)CC1. The summed E-state index contributed by atoms with van der Waals surface area (Å²) in [7, 11) is 0. The maximum Gasteiger partial charge on any atom is 0.317 e. The Bertz CT molecular complexity index is 886. The monoisotopic (exact) mass is 389 g/mol. The number of fused-ring (bicyclic) bond motifs is 1. The number of halogens is 1. The number of carbonyl (C=O) groups is 1. The summed E-state index contributed by atoms with van der Waals surface area (Å²) in [5, 5.41) is 4.88. The lowest BCUT2D eigenvalue weighted by Gasteiger charge is -2.34. The van der Waals surface area contributed by atoms with Gasteiger partial charge in [0.2, 0.25) is 0 Å². The Kier molecular flexibility index (Phi) is 5.10. The Balaban J connectivity index is 1.30. The van der Waals surface area contributed by atoms with Crippen molar-refractivity contribution in [3.05, 3.63) is 51.6 Å². The van der Waals surface area contributed by atoms with Gasteiger partial charge in [-0.25, -0.2) is 4.79 Å². The minimum Gasteiger partial charge on any atom is -0.361 e. The van der Waals surface area contributed by atoms with E-state index in [1.807, 2.05) is 23.1 Å². The molecule has 0 spiro atoms. The number of thiazole rings is 1. The molecule has 6 nitrogen and oxygen atoms in total. The maximum atomic E-state index is 12.3. The molecule has 1 aliphatic heterocycles. The highest BCUT2D eigenvalue weighted by atomic mass is 35.5. The first-order valence-electron chi connectivity index (χ1n) is 8.57. The van der Waals surface area contributed by atoms with Crippen molar-refractivity contribution >= 4 is 39.9 Å². The number of nitrogens with one attached hydrogen (secondary N) is 2. The molecule has 0 radical (unpaired) electrons. The van der Waals surface area contributed by atoms with Gasteiger partial charge in [-0.3, -0.25) is 9.88 Å². The highest BCUT2D eigenvalue weighted by molar-refractivity contribution is 7.09. The van der Waals surface area contributed by atoms with Crippen molar-refractivity contribution in [1.29, 1.82) is 0 Å². The third-order valence-corrected chi connectivity index (χ3v) is 5.69. The summed E-state index contributed by atoms with van der Waals surface area (Å²) in [6, 6.07) is 5.91. The van der Waals surface area contributed by atoms with Crippen LogP contribution >= 0.6 is 22.9 Å². The third kappa shape index (κ3) is 3.85. The van der Waals surface area contributed by atoms with Gasteiger partial charge in [-0.05, 0) is 23.8 Å². The molecule has 8 heteroatoms. The van der Waals surface area contributed by atoms with E-state index in [2.05, 4.69) is 26.4 Å². The number of urea groups is 1. The fourth-order valence-corrected chi connectivity index (χ4v) is 3.94. The second kappa shape index (κ2) is 7.65. The van der Waals surface area contributed by atoms with Crippen molar-refractivity contribution in [2.45, 2.75) is 13.1 Å². The molecular formula is C18H20ClN5OS. The van der Waals surface area contributed by atoms with E-state index in [1.54, 1.807) is 23.0 Å². The van der Waals surface area contributed by atoms with Crippen molar-refractivity contribution in [2.75, 3.05) is 26.2 Å². The van der Waals surface area contributed by atoms with Crippen LogP contribution in [0.25, 0.3) is 10.9 Å². The van der Waals surface area contributed by atoms with Gasteiger partial charge in [-0.2, -0.15) is 0 Å². The van der Waals surface area contributed by atoms with E-state index in [4.69, 9.17) is 11.6 Å². The van der Waals surface area contributed by atoms with Crippen LogP contribution in [0.3, 0.4) is 0 Å². The molecule has 4 rings (SSSR count). The molecule has 0 atom stereocenters. The van der Waals surface area contributed by atoms with Crippen LogP contribution in [-0.2, 0) is 13.1 Å². The molecule has 1 aromatic carbocycles. The maximum absolute atomic E-state index is 12.3. The number of benzene rings is 1. The van der Waals surface area contributed by atoms with Gasteiger partial charge < -0.3 is 15.2 Å². The lowest BCUT2D eigenvalue weighted by Crippen LogP contribution is -2.51. The van der Waals surface area contributed by atoms with Crippen LogP contribution < -0.4 is 5.32 Å². The highest BCUT2D eigenvalue weighted by Gasteiger charge is 2.21. The molecule has 0 saturated carbocycles. The highest BCUT2D eigenvalue weighted by Crippen LogP contribution is 2.23. The van der Waals surface area contributed by atoms with Gasteiger partial charge in [0.25, 0.3) is 0 Å². The predicted octanol–water partition coefficient (Wildman–Crippen LogP) is 3.31. The van der Waals surface area contributed by atoms with Crippen LogP contribution in [0.15, 0.2) is 36.1 Å². The topological polar surface area (TPSA) is 64.3 Å². The first-order chi connectivity index (χ1) is 12.7. The Morgan fingerprint density at radius 3 is 2.92 bits per heavy atom. The zero-order chi connectivity index (χ0) is 17.9. The smallest absolute Gasteiger partial charge is 0.317 e. The predicted molar refractivity (Wildman–Crippen MR) is 105 cm³/mol. The molecule has 136 valence electrons. The average Bonchev–Trinajstić information content (AvgIpc) is 3.30. The minimum absolute atomic E-state index is 0.00285. The quantitative estimate of drug-likeness (QED) is 0.719. The van der Waals surface area contributed by atoms with Gasteiger partial charge in [0, 0.05) is 65.9 Å². The number of rotatable bonds is 4. The van der Waals surface area contributed by atoms with E-state index >= 15 is 0 Å². The van der Waals surface area contributed by atoms with Crippen LogP contribution in [0.5, 0.6) is 0 Å². The number of aromatic amines is 1. The molecule has 0 unspecified atom stereocenters. The number of aromatic nitrogens is 2. The van der Waals surface area contributed by atoms with Crippen LogP contribution in [0.2, 0.25) is 5.02 Å². The summed E-state index contributed by atoms with van der Waals surface area (Å²) in [4.78, 5) is 24.9. The van der Waals surface area contributed by atoms with Gasteiger partial charge in [-0.1, -0.05) is 11.6 Å². The second-order valence-electron chi connectivity index (χ2n) is 6.39. The van der Waals surface area contributed by atoms with Gasteiger partial charge in [0.05, 0.1) is 12.1 Å². The normalized spacial score (nSPS) is 15.5. The van der Waals surface area contributed by atoms with Crippen molar-refractivity contribution < 1.29 is 4.79 Å². The Morgan fingerprint density at radius 1 is 1.31 bits per heavy atom. The van der Waals surface area contributed by atoms with Crippen LogP contribution in [0.1, 0.15) is 10.4 Å². The van der Waals surface area contributed by atoms with Crippen molar-refractivity contribution in [1.82, 2.24) is 25.1 Å². The number of hydrogen-bond acceptors (Lipinski definition) is 4. The Labute approximate surface area is 160 Å². The first kappa shape index (κ1) is 17.3. The van der Waals surface area contributed by atoms with E-state index in [9.17, 15) is 4.79 Å². The Hall–Kier alpha value is -2.09. The molecule has 1 aliphatic rings. The molecule has 1 saturated heterocycles. The number of H-pyrrole nitrogens is 1. The summed E-state index contributed by atoms with van der Waals surface area (Å²) in [5.41, 5.74) is 4.12. The van der Waals surface area contributed by atoms with Crippen LogP contribution in [0, 0.1) is 0 Å². The number of nitrogens with zero attached hydrogens (tertiary/aromatic N) is 3. The Morgan fingerprint density at radius 2 is 2.15 bits per heavy atom. The molecule has 0 aliphatic carbocycles. The first-order valence-corrected chi connectivity index (χ1v) is 9.83. The molecule has 2 amide bonds. The number of piperazine rings is 1. The molecular weight excluding hydrogens is 370 g/mol. The third-order valence-electron chi connectivity index (χ3n) is 4.68. The molecule has 3 aromatic rings. The lowest BCUT2D eigenvalue weighted by atomic mass is 10.1. The van der Waals surface area contributed by atoms with E-state index in [0.29, 0.717) is 6.54 Å². The molecule has 0 bridgehead atoms. The van der Waals surface area contributed by atoms with Crippen molar-refractivity contribution in [3.63, 3.8) is 0 Å². The van der Waals surface area contributed by atoms with Gasteiger partial charge in [0.15, 0.2) is 0 Å². The van der Waals surface area contributed by atoms with Crippen molar-refractivity contribution in [2.24, 2.45) is 0 Å². The summed E-state index contributed by atoms with van der Waals surface area (Å²) in [6.07, 6.45) is 3.84. The zero-order valence-corrected chi connectivity index (χ0v) is 15.8. The van der Waals surface area contributed by atoms with E-state index in [-0.39, 0.29) is 6.03 Å². The minimum atomic E-state index is -0.00285.